The standard InChI is InChI=1S/C14H15BrN2O2.C14H15N5O2/c1-3-19-14(18)13-11(8-15)9-17(16-13)12-6-4-10(2)5-7-12;1-3-21-14(20)13-11(8-16-18-15)9-19(17-13)12-6-4-10(2)5-7-12/h4-7,9H,3,8H2,1-2H3;4-7,9H,3,8H2,1-2H3. The molecule has 2 heterocycles. The van der Waals surface area contributed by atoms with Gasteiger partial charge in [-0.2, -0.15) is 10.2 Å². The largest absolute Gasteiger partial charge is 0.461 e. The molecular weight excluding hydrogens is 578 g/mol. The minimum absolute atomic E-state index is 0.0521. The molecule has 0 fully saturated rings. The predicted molar refractivity (Wildman–Crippen MR) is 154 cm³/mol. The SMILES string of the molecule is CCOC(=O)c1nn(-c2ccc(C)cc2)cc1CBr.CCOC(=O)c1nn(-c2ccc(C)cc2)cc1CN=[N+]=[N-]. The van der Waals surface area contributed by atoms with Gasteiger partial charge in [0.05, 0.1) is 31.1 Å². The molecule has 0 amide bonds. The summed E-state index contributed by atoms with van der Waals surface area (Å²) in [6.07, 6.45) is 3.51. The van der Waals surface area contributed by atoms with E-state index in [0.717, 1.165) is 22.5 Å². The van der Waals surface area contributed by atoms with Crippen LogP contribution in [0, 0.1) is 13.8 Å². The Labute approximate surface area is 240 Å². The summed E-state index contributed by atoms with van der Waals surface area (Å²) in [6.45, 7) is 8.18. The molecule has 0 aliphatic carbocycles. The number of aryl methyl sites for hydroxylation is 2. The summed E-state index contributed by atoms with van der Waals surface area (Å²) < 4.78 is 13.2. The van der Waals surface area contributed by atoms with Crippen LogP contribution in [-0.2, 0) is 21.3 Å². The topological polar surface area (TPSA) is 137 Å². The molecule has 208 valence electrons. The monoisotopic (exact) mass is 607 g/mol. The van der Waals surface area contributed by atoms with Crippen LogP contribution in [0.1, 0.15) is 57.1 Å². The number of hydrogen-bond acceptors (Lipinski definition) is 7. The Balaban J connectivity index is 0.000000222. The number of esters is 2. The van der Waals surface area contributed by atoms with Gasteiger partial charge in [0, 0.05) is 33.8 Å². The van der Waals surface area contributed by atoms with E-state index in [-0.39, 0.29) is 24.8 Å². The van der Waals surface area contributed by atoms with Gasteiger partial charge in [0.15, 0.2) is 11.4 Å². The van der Waals surface area contributed by atoms with Crippen LogP contribution in [0.4, 0.5) is 0 Å². The van der Waals surface area contributed by atoms with E-state index in [1.165, 1.54) is 5.56 Å². The maximum atomic E-state index is 11.9. The van der Waals surface area contributed by atoms with Crippen LogP contribution < -0.4 is 0 Å². The predicted octanol–water partition coefficient (Wildman–Crippen LogP) is 6.42. The Bertz CT molecular complexity index is 1490. The van der Waals surface area contributed by atoms with Crippen LogP contribution >= 0.6 is 15.9 Å². The van der Waals surface area contributed by atoms with Crippen molar-refractivity contribution >= 4 is 27.9 Å². The third kappa shape index (κ3) is 7.81. The van der Waals surface area contributed by atoms with Gasteiger partial charge in [0.2, 0.25) is 0 Å². The van der Waals surface area contributed by atoms with Gasteiger partial charge in [-0.3, -0.25) is 0 Å². The Morgan fingerprint density at radius 2 is 1.25 bits per heavy atom. The lowest BCUT2D eigenvalue weighted by Crippen LogP contribution is -2.08. The molecular formula is C28H30BrN7O4. The molecule has 0 radical (unpaired) electrons. The van der Waals surface area contributed by atoms with Crippen LogP contribution in [0.3, 0.4) is 0 Å². The highest BCUT2D eigenvalue weighted by molar-refractivity contribution is 9.08. The second-order valence-electron chi connectivity index (χ2n) is 8.53. The lowest BCUT2D eigenvalue weighted by Gasteiger charge is -2.01. The van der Waals surface area contributed by atoms with Gasteiger partial charge in [0.1, 0.15) is 0 Å². The third-order valence-corrected chi connectivity index (χ3v) is 6.17. The lowest BCUT2D eigenvalue weighted by atomic mass is 10.2. The second-order valence-corrected chi connectivity index (χ2v) is 9.09. The highest BCUT2D eigenvalue weighted by atomic mass is 79.9. The van der Waals surface area contributed by atoms with Crippen LogP contribution in [0.5, 0.6) is 0 Å². The van der Waals surface area contributed by atoms with Crippen molar-refractivity contribution in [2.75, 3.05) is 13.2 Å². The number of rotatable bonds is 9. The zero-order valence-electron chi connectivity index (χ0n) is 22.7. The summed E-state index contributed by atoms with van der Waals surface area (Å²) in [4.78, 5) is 26.4. The molecule has 2 aromatic heterocycles. The molecule has 0 atom stereocenters. The fourth-order valence-corrected chi connectivity index (χ4v) is 3.95. The summed E-state index contributed by atoms with van der Waals surface area (Å²) in [5.41, 5.74) is 14.4. The normalized spacial score (nSPS) is 10.2. The first-order valence-electron chi connectivity index (χ1n) is 12.5. The molecule has 11 nitrogen and oxygen atoms in total. The molecule has 4 rings (SSSR count). The zero-order chi connectivity index (χ0) is 29.1. The van der Waals surface area contributed by atoms with E-state index in [2.05, 4.69) is 36.2 Å². The van der Waals surface area contributed by atoms with Crippen molar-refractivity contribution in [3.8, 4) is 11.4 Å². The molecule has 0 aliphatic rings. The van der Waals surface area contributed by atoms with E-state index in [1.54, 1.807) is 29.4 Å². The van der Waals surface area contributed by atoms with Crippen molar-refractivity contribution in [1.29, 1.82) is 0 Å². The number of ether oxygens (including phenoxy) is 2. The number of hydrogen-bond donors (Lipinski definition) is 0. The van der Waals surface area contributed by atoms with Gasteiger partial charge < -0.3 is 9.47 Å². The molecule has 0 unspecified atom stereocenters. The average Bonchev–Trinajstić information content (AvgIpc) is 3.58. The molecule has 0 N–H and O–H groups in total. The van der Waals surface area contributed by atoms with E-state index in [0.29, 0.717) is 23.2 Å². The number of carbonyl (C=O) groups excluding carboxylic acids is 2. The average molecular weight is 608 g/mol. The van der Waals surface area contributed by atoms with E-state index in [9.17, 15) is 9.59 Å². The van der Waals surface area contributed by atoms with Gasteiger partial charge in [0.25, 0.3) is 0 Å². The van der Waals surface area contributed by atoms with Crippen LogP contribution in [-0.4, -0.2) is 44.7 Å². The summed E-state index contributed by atoms with van der Waals surface area (Å²) >= 11 is 3.36. The molecule has 0 saturated carbocycles. The van der Waals surface area contributed by atoms with Gasteiger partial charge in [-0.25, -0.2) is 19.0 Å². The summed E-state index contributed by atoms with van der Waals surface area (Å²) in [5.74, 6) is -0.908. The number of nitrogens with zero attached hydrogens (tertiary/aromatic N) is 7. The van der Waals surface area contributed by atoms with Gasteiger partial charge in [-0.15, -0.1) is 0 Å². The number of azide groups is 1. The van der Waals surface area contributed by atoms with E-state index >= 15 is 0 Å². The lowest BCUT2D eigenvalue weighted by molar-refractivity contribution is 0.0508. The minimum atomic E-state index is -0.522. The van der Waals surface area contributed by atoms with Crippen molar-refractivity contribution < 1.29 is 19.1 Å². The quantitative estimate of drug-likeness (QED) is 0.0707. The second kappa shape index (κ2) is 14.7. The molecule has 2 aromatic carbocycles. The Kier molecular flexibility index (Phi) is 11.0. The molecule has 4 aromatic rings. The number of aromatic nitrogens is 4. The first kappa shape index (κ1) is 30.1. The Hall–Kier alpha value is -4.41. The first-order chi connectivity index (χ1) is 19.3. The van der Waals surface area contributed by atoms with E-state index in [1.807, 2.05) is 68.6 Å². The minimum Gasteiger partial charge on any atom is -0.461 e. The summed E-state index contributed by atoms with van der Waals surface area (Å²) in [5, 5.41) is 12.6. The molecule has 0 aliphatic heterocycles. The van der Waals surface area contributed by atoms with Crippen molar-refractivity contribution in [2.24, 2.45) is 5.11 Å². The van der Waals surface area contributed by atoms with Crippen molar-refractivity contribution in [2.45, 2.75) is 39.6 Å². The maximum absolute atomic E-state index is 11.9. The highest BCUT2D eigenvalue weighted by Crippen LogP contribution is 2.17. The van der Waals surface area contributed by atoms with Gasteiger partial charge >= 0.3 is 11.9 Å². The van der Waals surface area contributed by atoms with Crippen molar-refractivity contribution in [1.82, 2.24) is 19.6 Å². The van der Waals surface area contributed by atoms with Crippen molar-refractivity contribution in [3.05, 3.63) is 105 Å². The molecule has 0 spiro atoms. The number of halogens is 1. The van der Waals surface area contributed by atoms with E-state index in [4.69, 9.17) is 15.0 Å². The summed E-state index contributed by atoms with van der Waals surface area (Å²) in [7, 11) is 0. The highest BCUT2D eigenvalue weighted by Gasteiger charge is 2.19. The molecule has 0 bridgehead atoms. The third-order valence-electron chi connectivity index (χ3n) is 5.56. The Morgan fingerprint density at radius 3 is 1.65 bits per heavy atom. The van der Waals surface area contributed by atoms with Crippen LogP contribution in [0.2, 0.25) is 0 Å². The summed E-state index contributed by atoms with van der Waals surface area (Å²) in [6, 6.07) is 15.7. The fourth-order valence-electron chi connectivity index (χ4n) is 3.54. The molecule has 0 saturated heterocycles. The van der Waals surface area contributed by atoms with Crippen molar-refractivity contribution in [3.63, 3.8) is 0 Å². The van der Waals surface area contributed by atoms with Crippen LogP contribution in [0.25, 0.3) is 21.8 Å². The maximum Gasteiger partial charge on any atom is 0.359 e. The zero-order valence-corrected chi connectivity index (χ0v) is 24.3. The van der Waals surface area contributed by atoms with Gasteiger partial charge in [-0.05, 0) is 57.5 Å². The number of benzene rings is 2. The number of carbonyl (C=O) groups is 2. The molecule has 12 heteroatoms. The smallest absolute Gasteiger partial charge is 0.359 e. The first-order valence-corrected chi connectivity index (χ1v) is 13.7. The van der Waals surface area contributed by atoms with Crippen LogP contribution in [0.15, 0.2) is 66.0 Å². The fraction of sp³-hybridized carbons (Fsp3) is 0.286. The number of alkyl halides is 1. The Morgan fingerprint density at radius 1 is 0.825 bits per heavy atom. The van der Waals surface area contributed by atoms with Gasteiger partial charge in [-0.1, -0.05) is 56.4 Å². The van der Waals surface area contributed by atoms with E-state index < -0.39 is 5.97 Å². The molecule has 40 heavy (non-hydrogen) atoms.